The Bertz CT molecular complexity index is 473. The van der Waals surface area contributed by atoms with Crippen molar-refractivity contribution in [3.63, 3.8) is 0 Å². The molecule has 2 amide bonds. The van der Waals surface area contributed by atoms with Crippen LogP contribution in [0.15, 0.2) is 24.3 Å². The van der Waals surface area contributed by atoms with Crippen molar-refractivity contribution >= 4 is 12.2 Å². The second-order valence-corrected chi connectivity index (χ2v) is 3.81. The van der Waals surface area contributed by atoms with Crippen molar-refractivity contribution in [2.45, 2.75) is 6.29 Å². The second-order valence-electron chi connectivity index (χ2n) is 3.81. The van der Waals surface area contributed by atoms with E-state index in [0.29, 0.717) is 19.0 Å². The first kappa shape index (κ1) is 16.7. The minimum Gasteiger partial charge on any atom is -0.465 e. The molecule has 0 atom stereocenters. The average Bonchev–Trinajstić information content (AvgIpc) is 3.02. The van der Waals surface area contributed by atoms with Gasteiger partial charge in [-0.25, -0.2) is 9.59 Å². The maximum Gasteiger partial charge on any atom is 0.412 e. The molecule has 8 nitrogen and oxygen atoms in total. The summed E-state index contributed by atoms with van der Waals surface area (Å²) in [5.41, 5.74) is 0.726. The number of hydrogen-bond acceptors (Lipinski definition) is 5. The van der Waals surface area contributed by atoms with Crippen LogP contribution in [0, 0.1) is 0 Å². The molecule has 21 heavy (non-hydrogen) atoms. The minimum atomic E-state index is -0.995. The molecule has 1 heterocycles. The molecule has 2 rings (SSSR count). The van der Waals surface area contributed by atoms with Crippen LogP contribution in [-0.4, -0.2) is 44.6 Å². The fraction of sp³-hybridized carbons (Fsp3) is 0.385. The zero-order valence-corrected chi connectivity index (χ0v) is 11.8. The fourth-order valence-corrected chi connectivity index (χ4v) is 1.46. The van der Waals surface area contributed by atoms with Crippen molar-refractivity contribution in [2.75, 3.05) is 27.3 Å². The highest BCUT2D eigenvalue weighted by molar-refractivity contribution is 5.70. The van der Waals surface area contributed by atoms with Crippen molar-refractivity contribution in [2.24, 2.45) is 0 Å². The Kier molecular flexibility index (Phi) is 6.99. The van der Waals surface area contributed by atoms with Gasteiger partial charge in [0, 0.05) is 14.1 Å². The standard InChI is InChI=1S/C11H13NO4.C2H5NO2/c1-12-11(13)16-9-5-3-2-4-8(9)10-14-6-7-15-10;1-3-2(4)5/h2-5,10H,6-7H2,1H3,(H,12,13);3H,1H3,(H,4,5). The lowest BCUT2D eigenvalue weighted by molar-refractivity contribution is -0.0452. The molecule has 0 aromatic heterocycles. The third kappa shape index (κ3) is 5.67. The fourth-order valence-electron chi connectivity index (χ4n) is 1.46. The normalized spacial score (nSPS) is 13.8. The van der Waals surface area contributed by atoms with E-state index < -0.39 is 18.5 Å². The van der Waals surface area contributed by atoms with Crippen LogP contribution in [0.1, 0.15) is 11.9 Å². The maximum absolute atomic E-state index is 11.1. The minimum absolute atomic E-state index is 0.444. The summed E-state index contributed by atoms with van der Waals surface area (Å²) >= 11 is 0. The van der Waals surface area contributed by atoms with Gasteiger partial charge in [-0.05, 0) is 6.07 Å². The van der Waals surface area contributed by atoms with Crippen LogP contribution in [0.4, 0.5) is 9.59 Å². The van der Waals surface area contributed by atoms with Crippen LogP contribution in [0.2, 0.25) is 0 Å². The van der Waals surface area contributed by atoms with Gasteiger partial charge in [0.2, 0.25) is 0 Å². The molecule has 1 aliphatic rings. The number of amides is 2. The number of nitrogens with one attached hydrogen (secondary N) is 2. The Labute approximate surface area is 122 Å². The van der Waals surface area contributed by atoms with E-state index in [1.165, 1.54) is 14.1 Å². The first-order chi connectivity index (χ1) is 10.1. The largest absolute Gasteiger partial charge is 0.465 e. The quantitative estimate of drug-likeness (QED) is 0.760. The van der Waals surface area contributed by atoms with Crippen LogP contribution in [0.3, 0.4) is 0 Å². The SMILES string of the molecule is CNC(=O)O.CNC(=O)Oc1ccccc1C1OCCO1. The Balaban J connectivity index is 0.000000383. The highest BCUT2D eigenvalue weighted by Crippen LogP contribution is 2.30. The van der Waals surface area contributed by atoms with E-state index in [2.05, 4.69) is 5.32 Å². The van der Waals surface area contributed by atoms with Gasteiger partial charge in [-0.2, -0.15) is 0 Å². The molecule has 8 heteroatoms. The molecule has 0 bridgehead atoms. The number of ether oxygens (including phenoxy) is 3. The zero-order valence-electron chi connectivity index (χ0n) is 11.8. The van der Waals surface area contributed by atoms with Gasteiger partial charge in [0.15, 0.2) is 6.29 Å². The van der Waals surface area contributed by atoms with E-state index in [-0.39, 0.29) is 0 Å². The number of benzene rings is 1. The van der Waals surface area contributed by atoms with Crippen LogP contribution >= 0.6 is 0 Å². The van der Waals surface area contributed by atoms with Crippen LogP contribution < -0.4 is 15.4 Å². The lowest BCUT2D eigenvalue weighted by Crippen LogP contribution is -2.22. The molecule has 1 aromatic carbocycles. The van der Waals surface area contributed by atoms with E-state index in [0.717, 1.165) is 5.56 Å². The molecule has 1 fully saturated rings. The highest BCUT2D eigenvalue weighted by atomic mass is 16.7. The first-order valence-corrected chi connectivity index (χ1v) is 6.20. The highest BCUT2D eigenvalue weighted by Gasteiger charge is 2.22. The van der Waals surface area contributed by atoms with Gasteiger partial charge in [0.1, 0.15) is 5.75 Å². The van der Waals surface area contributed by atoms with E-state index in [1.54, 1.807) is 12.1 Å². The van der Waals surface area contributed by atoms with E-state index in [4.69, 9.17) is 19.3 Å². The van der Waals surface area contributed by atoms with Crippen LogP contribution in [-0.2, 0) is 9.47 Å². The van der Waals surface area contributed by atoms with Gasteiger partial charge in [-0.15, -0.1) is 0 Å². The lowest BCUT2D eigenvalue weighted by Gasteiger charge is -2.13. The van der Waals surface area contributed by atoms with Crippen molar-refractivity contribution in [1.29, 1.82) is 0 Å². The number of carbonyl (C=O) groups is 2. The summed E-state index contributed by atoms with van der Waals surface area (Å²) in [6.45, 7) is 1.11. The summed E-state index contributed by atoms with van der Waals surface area (Å²) in [5, 5.41) is 11.9. The van der Waals surface area contributed by atoms with E-state index in [9.17, 15) is 9.59 Å². The van der Waals surface area contributed by atoms with Gasteiger partial charge in [-0.1, -0.05) is 18.2 Å². The number of para-hydroxylation sites is 1. The van der Waals surface area contributed by atoms with Crippen molar-refractivity contribution in [1.82, 2.24) is 10.6 Å². The topological polar surface area (TPSA) is 106 Å². The summed E-state index contributed by atoms with van der Waals surface area (Å²) in [4.78, 5) is 20.4. The first-order valence-electron chi connectivity index (χ1n) is 6.20. The van der Waals surface area contributed by atoms with Gasteiger partial charge >= 0.3 is 12.2 Å². The molecular formula is C13H18N2O6. The van der Waals surface area contributed by atoms with E-state index >= 15 is 0 Å². The molecule has 1 aliphatic heterocycles. The molecule has 0 aliphatic carbocycles. The Hall–Kier alpha value is -2.32. The van der Waals surface area contributed by atoms with Crippen molar-refractivity contribution in [3.8, 4) is 5.75 Å². The van der Waals surface area contributed by atoms with Crippen LogP contribution in [0.25, 0.3) is 0 Å². The van der Waals surface area contributed by atoms with Gasteiger partial charge in [-0.3, -0.25) is 0 Å². The molecule has 0 radical (unpaired) electrons. The molecule has 1 aromatic rings. The molecule has 1 saturated heterocycles. The molecule has 3 N–H and O–H groups in total. The Morgan fingerprint density at radius 2 is 1.76 bits per heavy atom. The van der Waals surface area contributed by atoms with Crippen LogP contribution in [0.5, 0.6) is 5.75 Å². The number of hydrogen-bond donors (Lipinski definition) is 3. The average molecular weight is 298 g/mol. The smallest absolute Gasteiger partial charge is 0.412 e. The number of carbonyl (C=O) groups excluding carboxylic acids is 1. The predicted molar refractivity (Wildman–Crippen MR) is 73.3 cm³/mol. The summed E-state index contributed by atoms with van der Waals surface area (Å²) in [7, 11) is 2.86. The third-order valence-electron chi connectivity index (χ3n) is 2.42. The summed E-state index contributed by atoms with van der Waals surface area (Å²) < 4.78 is 15.8. The molecule has 0 saturated carbocycles. The monoisotopic (exact) mass is 298 g/mol. The van der Waals surface area contributed by atoms with Gasteiger partial charge < -0.3 is 30.0 Å². The number of carboxylic acid groups (broad SMARTS) is 1. The molecule has 116 valence electrons. The Morgan fingerprint density at radius 3 is 2.29 bits per heavy atom. The molecular weight excluding hydrogens is 280 g/mol. The van der Waals surface area contributed by atoms with Crippen molar-refractivity contribution in [3.05, 3.63) is 29.8 Å². The van der Waals surface area contributed by atoms with Crippen molar-refractivity contribution < 1.29 is 28.9 Å². The van der Waals surface area contributed by atoms with Gasteiger partial charge in [0.25, 0.3) is 0 Å². The maximum atomic E-state index is 11.1. The summed E-state index contributed by atoms with van der Waals surface area (Å²) in [5.74, 6) is 0.453. The Morgan fingerprint density at radius 1 is 1.19 bits per heavy atom. The van der Waals surface area contributed by atoms with E-state index in [1.807, 2.05) is 17.4 Å². The third-order valence-corrected chi connectivity index (χ3v) is 2.42. The molecule has 0 spiro atoms. The molecule has 0 unspecified atom stereocenters. The second kappa shape index (κ2) is 8.77. The lowest BCUT2D eigenvalue weighted by atomic mass is 10.2. The van der Waals surface area contributed by atoms with Gasteiger partial charge in [0.05, 0.1) is 18.8 Å². The summed E-state index contributed by atoms with van der Waals surface area (Å²) in [6, 6.07) is 7.15. The zero-order chi connectivity index (χ0) is 15.7. The predicted octanol–water partition coefficient (Wildman–Crippen LogP) is 1.33. The summed E-state index contributed by atoms with van der Waals surface area (Å²) in [6.07, 6.45) is -1.95. The number of rotatable bonds is 2.